The van der Waals surface area contributed by atoms with Crippen LogP contribution in [0.5, 0.6) is 5.75 Å². The Morgan fingerprint density at radius 2 is 1.85 bits per heavy atom. The van der Waals surface area contributed by atoms with Crippen LogP contribution in [0.25, 0.3) is 0 Å². The van der Waals surface area contributed by atoms with Crippen molar-refractivity contribution in [2.75, 3.05) is 17.7 Å². The molecule has 0 aliphatic carbocycles. The summed E-state index contributed by atoms with van der Waals surface area (Å²) in [5.41, 5.74) is 1.19. The van der Waals surface area contributed by atoms with E-state index in [1.54, 1.807) is 24.3 Å². The van der Waals surface area contributed by atoms with Crippen LogP contribution in [-0.2, 0) is 0 Å². The third-order valence-electron chi connectivity index (χ3n) is 3.59. The predicted molar refractivity (Wildman–Crippen MR) is 102 cm³/mol. The first kappa shape index (κ1) is 18.3. The lowest BCUT2D eigenvalue weighted by Gasteiger charge is -2.13. The number of methoxy groups -OCH3 is 1. The standard InChI is InChI=1S/C17H15ClN6O3/c1-10-3-5-13(27-2)12(7-10)22-16-15(24(25)26)17(21-9-20-16)23-14-6-4-11(18)8-19-14/h3-9H,1-2H3,(H2,19,20,21,22,23). The molecular formula is C17H15ClN6O3. The van der Waals surface area contributed by atoms with E-state index in [1.165, 1.54) is 19.6 Å². The van der Waals surface area contributed by atoms with Crippen molar-refractivity contribution in [2.24, 2.45) is 0 Å². The number of nitrogens with zero attached hydrogens (tertiary/aromatic N) is 4. The molecule has 0 saturated carbocycles. The summed E-state index contributed by atoms with van der Waals surface area (Å²) in [6.07, 6.45) is 2.64. The number of aromatic nitrogens is 3. The Morgan fingerprint density at radius 3 is 2.48 bits per heavy atom. The molecule has 138 valence electrons. The molecule has 3 aromatic rings. The van der Waals surface area contributed by atoms with Crippen LogP contribution in [0.4, 0.5) is 28.8 Å². The molecule has 2 heterocycles. The molecule has 0 fully saturated rings. The van der Waals surface area contributed by atoms with Crippen molar-refractivity contribution in [1.82, 2.24) is 15.0 Å². The van der Waals surface area contributed by atoms with Gasteiger partial charge in [-0.1, -0.05) is 17.7 Å². The highest BCUT2D eigenvalue weighted by atomic mass is 35.5. The molecule has 2 N–H and O–H groups in total. The van der Waals surface area contributed by atoms with Gasteiger partial charge in [-0.05, 0) is 36.8 Å². The number of anilines is 4. The molecule has 3 rings (SSSR count). The van der Waals surface area contributed by atoms with Gasteiger partial charge in [0.2, 0.25) is 11.6 Å². The van der Waals surface area contributed by atoms with Crippen molar-refractivity contribution in [3.05, 3.63) is 63.6 Å². The van der Waals surface area contributed by atoms with E-state index in [-0.39, 0.29) is 17.3 Å². The normalized spacial score (nSPS) is 10.3. The van der Waals surface area contributed by atoms with Gasteiger partial charge < -0.3 is 15.4 Å². The zero-order valence-corrected chi connectivity index (χ0v) is 15.2. The summed E-state index contributed by atoms with van der Waals surface area (Å²) in [6, 6.07) is 8.64. The van der Waals surface area contributed by atoms with Crippen LogP contribution >= 0.6 is 11.6 Å². The summed E-state index contributed by atoms with van der Waals surface area (Å²) in [6.45, 7) is 1.90. The second kappa shape index (κ2) is 7.83. The van der Waals surface area contributed by atoms with Crippen molar-refractivity contribution in [3.8, 4) is 5.75 Å². The van der Waals surface area contributed by atoms with Gasteiger partial charge in [0.1, 0.15) is 17.9 Å². The Kier molecular flexibility index (Phi) is 5.32. The number of rotatable bonds is 6. The summed E-state index contributed by atoms with van der Waals surface area (Å²) in [5, 5.41) is 17.9. The number of nitro groups is 1. The highest BCUT2D eigenvalue weighted by Crippen LogP contribution is 2.35. The van der Waals surface area contributed by atoms with Crippen LogP contribution in [0.1, 0.15) is 5.56 Å². The predicted octanol–water partition coefficient (Wildman–Crippen LogP) is 4.24. The molecule has 1 aromatic carbocycles. The number of ether oxygens (including phenoxy) is 1. The minimum absolute atomic E-state index is 0.000979. The first-order valence-corrected chi connectivity index (χ1v) is 8.15. The molecule has 0 saturated heterocycles. The van der Waals surface area contributed by atoms with E-state index < -0.39 is 4.92 Å². The van der Waals surface area contributed by atoms with E-state index in [2.05, 4.69) is 25.6 Å². The van der Waals surface area contributed by atoms with E-state index in [0.717, 1.165) is 5.56 Å². The molecule has 9 nitrogen and oxygen atoms in total. The lowest BCUT2D eigenvalue weighted by atomic mass is 10.2. The van der Waals surface area contributed by atoms with E-state index in [0.29, 0.717) is 22.3 Å². The van der Waals surface area contributed by atoms with Crippen molar-refractivity contribution in [1.29, 1.82) is 0 Å². The van der Waals surface area contributed by atoms with Crippen molar-refractivity contribution in [2.45, 2.75) is 6.92 Å². The molecule has 10 heteroatoms. The average molecular weight is 387 g/mol. The molecule has 0 aliphatic rings. The molecule has 0 radical (unpaired) electrons. The fourth-order valence-electron chi connectivity index (χ4n) is 2.35. The van der Waals surface area contributed by atoms with Crippen LogP contribution in [0, 0.1) is 17.0 Å². The smallest absolute Gasteiger partial charge is 0.353 e. The Balaban J connectivity index is 2.00. The molecule has 2 aromatic heterocycles. The first-order chi connectivity index (χ1) is 13.0. The molecule has 0 aliphatic heterocycles. The maximum Gasteiger partial charge on any atom is 0.353 e. The SMILES string of the molecule is COc1ccc(C)cc1Nc1ncnc(Nc2ccc(Cl)cn2)c1[N+](=O)[O-]. The van der Waals surface area contributed by atoms with Gasteiger partial charge in [0.25, 0.3) is 0 Å². The minimum Gasteiger partial charge on any atom is -0.495 e. The number of hydrogen-bond donors (Lipinski definition) is 2. The van der Waals surface area contributed by atoms with Crippen LogP contribution in [-0.4, -0.2) is 27.0 Å². The Bertz CT molecular complexity index is 981. The summed E-state index contributed by atoms with van der Waals surface area (Å²) in [5.74, 6) is 0.914. The summed E-state index contributed by atoms with van der Waals surface area (Å²) >= 11 is 5.81. The number of nitrogens with one attached hydrogen (secondary N) is 2. The second-order valence-electron chi connectivity index (χ2n) is 5.49. The average Bonchev–Trinajstić information content (AvgIpc) is 2.64. The lowest BCUT2D eigenvalue weighted by molar-refractivity contribution is -0.383. The molecule has 0 amide bonds. The monoisotopic (exact) mass is 386 g/mol. The van der Waals surface area contributed by atoms with Gasteiger partial charge in [-0.3, -0.25) is 10.1 Å². The molecule has 27 heavy (non-hydrogen) atoms. The fraction of sp³-hybridized carbons (Fsp3) is 0.118. The molecule has 0 bridgehead atoms. The number of halogens is 1. The van der Waals surface area contributed by atoms with Crippen LogP contribution < -0.4 is 15.4 Å². The summed E-state index contributed by atoms with van der Waals surface area (Å²) in [7, 11) is 1.52. The molecule has 0 atom stereocenters. The van der Waals surface area contributed by atoms with E-state index in [9.17, 15) is 10.1 Å². The first-order valence-electron chi connectivity index (χ1n) is 7.77. The van der Waals surface area contributed by atoms with E-state index >= 15 is 0 Å². The van der Waals surface area contributed by atoms with Gasteiger partial charge in [-0.25, -0.2) is 15.0 Å². The summed E-state index contributed by atoms with van der Waals surface area (Å²) < 4.78 is 5.30. The second-order valence-corrected chi connectivity index (χ2v) is 5.93. The van der Waals surface area contributed by atoms with Crippen LogP contribution in [0.2, 0.25) is 5.02 Å². The third-order valence-corrected chi connectivity index (χ3v) is 3.81. The van der Waals surface area contributed by atoms with E-state index in [4.69, 9.17) is 16.3 Å². The number of benzene rings is 1. The van der Waals surface area contributed by atoms with Gasteiger partial charge in [0.05, 0.1) is 22.7 Å². The zero-order valence-electron chi connectivity index (χ0n) is 14.4. The van der Waals surface area contributed by atoms with Gasteiger partial charge in [0.15, 0.2) is 0 Å². The van der Waals surface area contributed by atoms with Gasteiger partial charge in [-0.2, -0.15) is 0 Å². The number of aryl methyl sites for hydroxylation is 1. The Hall–Kier alpha value is -3.46. The summed E-state index contributed by atoms with van der Waals surface area (Å²) in [4.78, 5) is 23.2. The topological polar surface area (TPSA) is 115 Å². The van der Waals surface area contributed by atoms with Crippen LogP contribution in [0.15, 0.2) is 42.9 Å². The largest absolute Gasteiger partial charge is 0.495 e. The van der Waals surface area contributed by atoms with E-state index in [1.807, 2.05) is 13.0 Å². The molecular weight excluding hydrogens is 372 g/mol. The third kappa shape index (κ3) is 4.21. The van der Waals surface area contributed by atoms with Crippen molar-refractivity contribution in [3.63, 3.8) is 0 Å². The van der Waals surface area contributed by atoms with Crippen molar-refractivity contribution < 1.29 is 9.66 Å². The fourth-order valence-corrected chi connectivity index (χ4v) is 2.46. The molecule has 0 unspecified atom stereocenters. The Morgan fingerprint density at radius 1 is 1.11 bits per heavy atom. The van der Waals surface area contributed by atoms with Gasteiger partial charge in [-0.15, -0.1) is 0 Å². The van der Waals surface area contributed by atoms with Crippen molar-refractivity contribution >= 4 is 40.4 Å². The molecule has 0 spiro atoms. The number of hydrogen-bond acceptors (Lipinski definition) is 8. The maximum atomic E-state index is 11.7. The Labute approximate surface area is 159 Å². The maximum absolute atomic E-state index is 11.7. The van der Waals surface area contributed by atoms with Gasteiger partial charge >= 0.3 is 5.69 Å². The quantitative estimate of drug-likeness (QED) is 0.477. The highest BCUT2D eigenvalue weighted by molar-refractivity contribution is 6.30. The minimum atomic E-state index is -0.567. The number of pyridine rings is 1. The van der Waals surface area contributed by atoms with Gasteiger partial charge in [0, 0.05) is 6.20 Å². The zero-order chi connectivity index (χ0) is 19.4. The lowest BCUT2D eigenvalue weighted by Crippen LogP contribution is -2.06. The van der Waals surface area contributed by atoms with Crippen LogP contribution in [0.3, 0.4) is 0 Å². The highest BCUT2D eigenvalue weighted by Gasteiger charge is 2.24.